The van der Waals surface area contributed by atoms with Crippen LogP contribution in [-0.2, 0) is 20.0 Å². The summed E-state index contributed by atoms with van der Waals surface area (Å²) in [6.45, 7) is 2.43. The van der Waals surface area contributed by atoms with E-state index in [4.69, 9.17) is 0 Å². The van der Waals surface area contributed by atoms with Gasteiger partial charge in [0.05, 0.1) is 17.9 Å². The second kappa shape index (κ2) is 4.40. The van der Waals surface area contributed by atoms with Gasteiger partial charge in [-0.3, -0.25) is 19.0 Å². The monoisotopic (exact) mass is 234 g/mol. The van der Waals surface area contributed by atoms with Crippen LogP contribution in [0.4, 0.5) is 0 Å². The number of nitrogens with zero attached hydrogens (tertiary/aromatic N) is 3. The topological polar surface area (TPSA) is 72.7 Å². The molecule has 0 bridgehead atoms. The summed E-state index contributed by atoms with van der Waals surface area (Å²) in [6, 6.07) is 3.29. The Morgan fingerprint density at radius 3 is 2.76 bits per heavy atom. The van der Waals surface area contributed by atoms with Gasteiger partial charge in [-0.15, -0.1) is 0 Å². The maximum Gasteiger partial charge on any atom is 0.328 e. The van der Waals surface area contributed by atoms with Crippen LogP contribution in [-0.4, -0.2) is 19.3 Å². The number of aromatic amines is 1. The van der Waals surface area contributed by atoms with E-state index in [0.717, 1.165) is 17.8 Å². The van der Waals surface area contributed by atoms with Gasteiger partial charge < -0.3 is 0 Å². The molecule has 2 heterocycles. The van der Waals surface area contributed by atoms with E-state index in [1.165, 1.54) is 16.8 Å². The quantitative estimate of drug-likeness (QED) is 0.804. The lowest BCUT2D eigenvalue weighted by atomic mass is 10.3. The Morgan fingerprint density at radius 1 is 1.41 bits per heavy atom. The van der Waals surface area contributed by atoms with E-state index in [1.807, 2.05) is 20.0 Å². The summed E-state index contributed by atoms with van der Waals surface area (Å²) in [7, 11) is 1.84. The molecule has 0 atom stereocenters. The predicted molar refractivity (Wildman–Crippen MR) is 63.0 cm³/mol. The molecule has 0 radical (unpaired) electrons. The Hall–Kier alpha value is -2.11. The summed E-state index contributed by atoms with van der Waals surface area (Å²) in [6.07, 6.45) is 2.34. The number of aromatic nitrogens is 4. The van der Waals surface area contributed by atoms with E-state index in [0.29, 0.717) is 6.54 Å². The minimum atomic E-state index is -0.406. The van der Waals surface area contributed by atoms with Gasteiger partial charge in [0.1, 0.15) is 0 Å². The van der Waals surface area contributed by atoms with Crippen molar-refractivity contribution < 1.29 is 0 Å². The highest BCUT2D eigenvalue weighted by molar-refractivity contribution is 5.10. The molecule has 6 nitrogen and oxygen atoms in total. The van der Waals surface area contributed by atoms with Gasteiger partial charge in [0.25, 0.3) is 5.56 Å². The Kier molecular flexibility index (Phi) is 2.95. The van der Waals surface area contributed by atoms with Crippen LogP contribution in [0.3, 0.4) is 0 Å². The normalized spacial score (nSPS) is 10.7. The van der Waals surface area contributed by atoms with Crippen LogP contribution in [0.2, 0.25) is 0 Å². The lowest BCUT2D eigenvalue weighted by Gasteiger charge is -2.04. The van der Waals surface area contributed by atoms with E-state index >= 15 is 0 Å². The van der Waals surface area contributed by atoms with E-state index in [9.17, 15) is 9.59 Å². The first-order valence-corrected chi connectivity index (χ1v) is 5.41. The molecule has 6 heteroatoms. The fourth-order valence-electron chi connectivity index (χ4n) is 1.64. The minimum Gasteiger partial charge on any atom is -0.295 e. The Bertz CT molecular complexity index is 635. The predicted octanol–water partition coefficient (Wildman–Crippen LogP) is -0.119. The number of hydrogen-bond acceptors (Lipinski definition) is 3. The Morgan fingerprint density at radius 2 is 2.18 bits per heavy atom. The molecule has 1 N–H and O–H groups in total. The molecule has 0 aliphatic rings. The third-order valence-corrected chi connectivity index (χ3v) is 2.62. The molecule has 2 rings (SSSR count). The molecule has 0 aliphatic heterocycles. The Balaban J connectivity index is 2.34. The van der Waals surface area contributed by atoms with Gasteiger partial charge in [0.15, 0.2) is 0 Å². The molecule has 0 saturated heterocycles. The van der Waals surface area contributed by atoms with Crippen LogP contribution < -0.4 is 11.2 Å². The smallest absolute Gasteiger partial charge is 0.295 e. The fraction of sp³-hybridized carbons (Fsp3) is 0.364. The number of aryl methyl sites for hydroxylation is 2. The van der Waals surface area contributed by atoms with Crippen molar-refractivity contribution >= 4 is 0 Å². The summed E-state index contributed by atoms with van der Waals surface area (Å²) in [4.78, 5) is 24.7. The first kappa shape index (κ1) is 11.4. The van der Waals surface area contributed by atoms with E-state index in [-0.39, 0.29) is 5.56 Å². The van der Waals surface area contributed by atoms with E-state index in [1.54, 1.807) is 4.68 Å². The van der Waals surface area contributed by atoms with Crippen molar-refractivity contribution in [1.29, 1.82) is 0 Å². The van der Waals surface area contributed by atoms with Crippen LogP contribution in [0.5, 0.6) is 0 Å². The summed E-state index contributed by atoms with van der Waals surface area (Å²) < 4.78 is 3.19. The first-order valence-electron chi connectivity index (χ1n) is 5.41. The van der Waals surface area contributed by atoms with Gasteiger partial charge in [0.2, 0.25) is 0 Å². The van der Waals surface area contributed by atoms with Gasteiger partial charge in [-0.1, -0.05) is 6.92 Å². The van der Waals surface area contributed by atoms with Gasteiger partial charge >= 0.3 is 5.69 Å². The second-order valence-corrected chi connectivity index (χ2v) is 3.84. The molecule has 2 aromatic rings. The highest BCUT2D eigenvalue weighted by atomic mass is 16.2. The molecule has 0 spiro atoms. The SMILES string of the molecule is CCc1cc(Cn2ccc(=O)[nH]c2=O)n(C)n1. The van der Waals surface area contributed by atoms with Gasteiger partial charge in [-0.25, -0.2) is 4.79 Å². The summed E-state index contributed by atoms with van der Waals surface area (Å²) >= 11 is 0. The number of rotatable bonds is 3. The molecule has 0 fully saturated rings. The van der Waals surface area contributed by atoms with E-state index < -0.39 is 5.69 Å². The van der Waals surface area contributed by atoms with Crippen LogP contribution in [0.15, 0.2) is 27.9 Å². The van der Waals surface area contributed by atoms with Crippen molar-refractivity contribution in [3.8, 4) is 0 Å². The maximum absolute atomic E-state index is 11.5. The molecule has 0 saturated carbocycles. The zero-order valence-corrected chi connectivity index (χ0v) is 9.80. The fourth-order valence-corrected chi connectivity index (χ4v) is 1.64. The van der Waals surface area contributed by atoms with Crippen LogP contribution in [0.25, 0.3) is 0 Å². The van der Waals surface area contributed by atoms with Crippen molar-refractivity contribution in [3.05, 3.63) is 50.6 Å². The first-order chi connectivity index (χ1) is 8.10. The van der Waals surface area contributed by atoms with Crippen molar-refractivity contribution in [2.75, 3.05) is 0 Å². The van der Waals surface area contributed by atoms with Crippen molar-refractivity contribution in [2.45, 2.75) is 19.9 Å². The number of H-pyrrole nitrogens is 1. The third kappa shape index (κ3) is 2.35. The lowest BCUT2D eigenvalue weighted by Crippen LogP contribution is -2.29. The zero-order chi connectivity index (χ0) is 12.4. The molecule has 0 aliphatic carbocycles. The lowest BCUT2D eigenvalue weighted by molar-refractivity contribution is 0.637. The number of nitrogens with one attached hydrogen (secondary N) is 1. The molecule has 17 heavy (non-hydrogen) atoms. The van der Waals surface area contributed by atoms with Gasteiger partial charge in [0, 0.05) is 19.3 Å². The van der Waals surface area contributed by atoms with Crippen LogP contribution >= 0.6 is 0 Å². The average Bonchev–Trinajstić information content (AvgIpc) is 2.64. The highest BCUT2D eigenvalue weighted by Gasteiger charge is 2.05. The molecular formula is C11H14N4O2. The van der Waals surface area contributed by atoms with Crippen molar-refractivity contribution in [3.63, 3.8) is 0 Å². The standard InChI is InChI=1S/C11H14N4O2/c1-3-8-6-9(14(2)13-8)7-15-5-4-10(16)12-11(15)17/h4-6H,3,7H2,1-2H3,(H,12,16,17). The Labute approximate surface area is 97.5 Å². The summed E-state index contributed by atoms with van der Waals surface area (Å²) in [5, 5.41) is 4.30. The van der Waals surface area contributed by atoms with Crippen LogP contribution in [0, 0.1) is 0 Å². The zero-order valence-electron chi connectivity index (χ0n) is 9.80. The van der Waals surface area contributed by atoms with Gasteiger partial charge in [-0.2, -0.15) is 5.10 Å². The largest absolute Gasteiger partial charge is 0.328 e. The maximum atomic E-state index is 11.5. The molecule has 90 valence electrons. The summed E-state index contributed by atoms with van der Waals surface area (Å²) in [5.74, 6) is 0. The molecule has 0 aromatic carbocycles. The molecular weight excluding hydrogens is 220 g/mol. The van der Waals surface area contributed by atoms with Crippen LogP contribution in [0.1, 0.15) is 18.3 Å². The molecule has 0 unspecified atom stereocenters. The minimum absolute atomic E-state index is 0.384. The third-order valence-electron chi connectivity index (χ3n) is 2.62. The van der Waals surface area contributed by atoms with Crippen molar-refractivity contribution in [1.82, 2.24) is 19.3 Å². The van der Waals surface area contributed by atoms with Crippen molar-refractivity contribution in [2.24, 2.45) is 7.05 Å². The summed E-state index contributed by atoms with van der Waals surface area (Å²) in [5.41, 5.74) is 1.12. The van der Waals surface area contributed by atoms with E-state index in [2.05, 4.69) is 10.1 Å². The molecule has 2 aromatic heterocycles. The highest BCUT2D eigenvalue weighted by Crippen LogP contribution is 2.04. The second-order valence-electron chi connectivity index (χ2n) is 3.84. The van der Waals surface area contributed by atoms with Gasteiger partial charge in [-0.05, 0) is 12.5 Å². The number of hydrogen-bond donors (Lipinski definition) is 1. The average molecular weight is 234 g/mol. The molecule has 0 amide bonds.